The highest BCUT2D eigenvalue weighted by Gasteiger charge is 2.31. The lowest BCUT2D eigenvalue weighted by Gasteiger charge is -2.23. The molecule has 0 radical (unpaired) electrons. The fraction of sp³-hybridized carbons (Fsp3) is 0.222. The van der Waals surface area contributed by atoms with E-state index < -0.39 is 31.0 Å². The third kappa shape index (κ3) is 6.89. The third-order valence-electron chi connectivity index (χ3n) is 3.47. The molecule has 0 bridgehead atoms. The van der Waals surface area contributed by atoms with Crippen LogP contribution in [0, 0.1) is 17.1 Å². The van der Waals surface area contributed by atoms with Crippen molar-refractivity contribution in [1.29, 1.82) is 5.26 Å². The Labute approximate surface area is 158 Å². The van der Waals surface area contributed by atoms with Crippen molar-refractivity contribution in [2.75, 3.05) is 18.4 Å². The topological polar surface area (TPSA) is 56.1 Å². The number of nitrogens with one attached hydrogen (secondary N) is 1. The van der Waals surface area contributed by atoms with Crippen LogP contribution in [0.3, 0.4) is 0 Å². The summed E-state index contributed by atoms with van der Waals surface area (Å²) in [6.45, 7) is -2.10. The fourth-order valence-electron chi connectivity index (χ4n) is 2.38. The number of rotatable bonds is 6. The molecule has 0 aliphatic rings. The van der Waals surface area contributed by atoms with Gasteiger partial charge in [0.2, 0.25) is 5.91 Å². The van der Waals surface area contributed by atoms with Gasteiger partial charge in [-0.25, -0.2) is 4.39 Å². The van der Waals surface area contributed by atoms with Gasteiger partial charge in [0.25, 0.3) is 0 Å². The Bertz CT molecular complexity index is 847. The first kappa shape index (κ1) is 20.7. The second-order valence-electron chi connectivity index (χ2n) is 5.74. The van der Waals surface area contributed by atoms with Crippen molar-refractivity contribution in [3.8, 4) is 6.07 Å². The van der Waals surface area contributed by atoms with Crippen LogP contribution < -0.4 is 5.32 Å². The Hall–Kier alpha value is -2.63. The molecule has 2 aromatic carbocycles. The minimum Gasteiger partial charge on any atom is -0.324 e. The van der Waals surface area contributed by atoms with Crippen LogP contribution in [-0.4, -0.2) is 30.1 Å². The summed E-state index contributed by atoms with van der Waals surface area (Å²) in [6.07, 6.45) is -4.52. The van der Waals surface area contributed by atoms with Crippen LogP contribution in [0.1, 0.15) is 11.1 Å². The lowest BCUT2D eigenvalue weighted by atomic mass is 10.2. The lowest BCUT2D eigenvalue weighted by molar-refractivity contribution is -0.149. The van der Waals surface area contributed by atoms with Crippen LogP contribution in [-0.2, 0) is 11.3 Å². The number of hydrogen-bond acceptors (Lipinski definition) is 3. The molecule has 2 rings (SSSR count). The van der Waals surface area contributed by atoms with Crippen LogP contribution in [0.15, 0.2) is 42.5 Å². The highest BCUT2D eigenvalue weighted by Crippen LogP contribution is 2.21. The van der Waals surface area contributed by atoms with Gasteiger partial charge in [-0.2, -0.15) is 18.4 Å². The molecule has 0 unspecified atom stereocenters. The monoisotopic (exact) mass is 399 g/mol. The van der Waals surface area contributed by atoms with Crippen LogP contribution in [0.25, 0.3) is 0 Å². The molecule has 142 valence electrons. The maximum Gasteiger partial charge on any atom is 0.401 e. The minimum atomic E-state index is -4.52. The molecule has 0 atom stereocenters. The van der Waals surface area contributed by atoms with Crippen molar-refractivity contribution in [3.63, 3.8) is 0 Å². The van der Waals surface area contributed by atoms with Crippen molar-refractivity contribution >= 4 is 23.2 Å². The van der Waals surface area contributed by atoms with Gasteiger partial charge in [0.05, 0.1) is 24.3 Å². The van der Waals surface area contributed by atoms with E-state index in [0.717, 1.165) is 17.0 Å². The van der Waals surface area contributed by atoms with E-state index in [9.17, 15) is 22.4 Å². The molecular weight excluding hydrogens is 386 g/mol. The summed E-state index contributed by atoms with van der Waals surface area (Å²) in [7, 11) is 0. The van der Waals surface area contributed by atoms with Gasteiger partial charge in [-0.3, -0.25) is 9.69 Å². The van der Waals surface area contributed by atoms with Crippen LogP contribution >= 0.6 is 11.6 Å². The fourth-order valence-corrected chi connectivity index (χ4v) is 2.55. The number of benzene rings is 2. The predicted octanol–water partition coefficient (Wildman–Crippen LogP) is 4.35. The zero-order valence-corrected chi connectivity index (χ0v) is 14.6. The number of halogens is 5. The number of hydrogen-bond donors (Lipinski definition) is 1. The summed E-state index contributed by atoms with van der Waals surface area (Å²) in [5.74, 6) is -1.25. The molecule has 9 heteroatoms. The summed E-state index contributed by atoms with van der Waals surface area (Å²) in [5.41, 5.74) is 0.673. The predicted molar refractivity (Wildman–Crippen MR) is 92.5 cm³/mol. The molecule has 1 amide bonds. The first-order valence-corrected chi connectivity index (χ1v) is 8.07. The SMILES string of the molecule is N#Cc1ccc(Cl)cc1NC(=O)CN(Cc1ccc(F)cc1)CC(F)(F)F. The highest BCUT2D eigenvalue weighted by atomic mass is 35.5. The zero-order chi connectivity index (χ0) is 20.0. The molecule has 2 aromatic rings. The number of carbonyl (C=O) groups is 1. The van der Waals surface area contributed by atoms with Crippen molar-refractivity contribution in [1.82, 2.24) is 4.90 Å². The molecule has 0 spiro atoms. The highest BCUT2D eigenvalue weighted by molar-refractivity contribution is 6.31. The second-order valence-corrected chi connectivity index (χ2v) is 6.17. The molecular formula is C18H14ClF4N3O. The molecule has 0 heterocycles. The number of carbonyl (C=O) groups excluding carboxylic acids is 1. The average molecular weight is 400 g/mol. The molecule has 4 nitrogen and oxygen atoms in total. The second kappa shape index (κ2) is 8.84. The molecule has 1 N–H and O–H groups in total. The van der Waals surface area contributed by atoms with Crippen LogP contribution in [0.2, 0.25) is 5.02 Å². The number of anilines is 1. The van der Waals surface area contributed by atoms with Gasteiger partial charge in [0.1, 0.15) is 11.9 Å². The van der Waals surface area contributed by atoms with Crippen LogP contribution in [0.5, 0.6) is 0 Å². The van der Waals surface area contributed by atoms with Crippen LogP contribution in [0.4, 0.5) is 23.2 Å². The molecule has 0 aliphatic carbocycles. The Kier molecular flexibility index (Phi) is 6.77. The van der Waals surface area contributed by atoms with E-state index in [1.54, 1.807) is 0 Å². The van der Waals surface area contributed by atoms with E-state index in [4.69, 9.17) is 16.9 Å². The summed E-state index contributed by atoms with van der Waals surface area (Å²) >= 11 is 5.82. The van der Waals surface area contributed by atoms with Gasteiger partial charge in [-0.1, -0.05) is 23.7 Å². The van der Waals surface area contributed by atoms with Gasteiger partial charge < -0.3 is 5.32 Å². The zero-order valence-electron chi connectivity index (χ0n) is 13.9. The Balaban J connectivity index is 2.12. The maximum atomic E-state index is 13.0. The first-order chi connectivity index (χ1) is 12.7. The maximum absolute atomic E-state index is 13.0. The Morgan fingerprint density at radius 2 is 1.85 bits per heavy atom. The number of nitriles is 1. The van der Waals surface area contributed by atoms with E-state index in [-0.39, 0.29) is 22.8 Å². The van der Waals surface area contributed by atoms with Crippen molar-refractivity contribution in [3.05, 3.63) is 64.4 Å². The van der Waals surface area contributed by atoms with Crippen molar-refractivity contribution in [2.24, 2.45) is 0 Å². The first-order valence-electron chi connectivity index (χ1n) is 7.69. The Morgan fingerprint density at radius 3 is 2.44 bits per heavy atom. The van der Waals surface area contributed by atoms with Gasteiger partial charge in [-0.05, 0) is 35.9 Å². The molecule has 27 heavy (non-hydrogen) atoms. The van der Waals surface area contributed by atoms with Crippen molar-refractivity contribution in [2.45, 2.75) is 12.7 Å². The number of alkyl halides is 3. The molecule has 0 fully saturated rings. The summed E-state index contributed by atoms with van der Waals surface area (Å²) < 4.78 is 51.4. The number of amides is 1. The van der Waals surface area contributed by atoms with Gasteiger partial charge in [-0.15, -0.1) is 0 Å². The Morgan fingerprint density at radius 1 is 1.19 bits per heavy atom. The largest absolute Gasteiger partial charge is 0.401 e. The van der Waals surface area contributed by atoms with E-state index >= 15 is 0 Å². The summed E-state index contributed by atoms with van der Waals surface area (Å²) in [4.78, 5) is 13.1. The molecule has 0 aromatic heterocycles. The smallest absolute Gasteiger partial charge is 0.324 e. The van der Waals surface area contributed by atoms with Crippen molar-refractivity contribution < 1.29 is 22.4 Å². The summed E-state index contributed by atoms with van der Waals surface area (Å²) in [6, 6.07) is 11.0. The third-order valence-corrected chi connectivity index (χ3v) is 3.70. The van der Waals surface area contributed by atoms with Gasteiger partial charge >= 0.3 is 6.18 Å². The summed E-state index contributed by atoms with van der Waals surface area (Å²) in [5, 5.41) is 11.7. The van der Waals surface area contributed by atoms with E-state index in [2.05, 4.69) is 5.32 Å². The minimum absolute atomic E-state index is 0.115. The quantitative estimate of drug-likeness (QED) is 0.734. The van der Waals surface area contributed by atoms with E-state index in [0.29, 0.717) is 5.56 Å². The van der Waals surface area contributed by atoms with E-state index in [1.807, 2.05) is 6.07 Å². The van der Waals surface area contributed by atoms with Gasteiger partial charge in [0, 0.05) is 11.6 Å². The molecule has 0 saturated carbocycles. The molecule has 0 aliphatic heterocycles. The van der Waals surface area contributed by atoms with E-state index in [1.165, 1.54) is 30.3 Å². The standard InChI is InChI=1S/C18H14ClF4N3O/c19-14-4-3-13(8-24)16(7-14)25-17(27)10-26(11-18(21,22)23)9-12-1-5-15(20)6-2-12/h1-7H,9-11H2,(H,25,27). The van der Waals surface area contributed by atoms with Gasteiger partial charge in [0.15, 0.2) is 0 Å². The average Bonchev–Trinajstić information content (AvgIpc) is 2.55. The molecule has 0 saturated heterocycles. The number of nitrogens with zero attached hydrogens (tertiary/aromatic N) is 2. The lowest BCUT2D eigenvalue weighted by Crippen LogP contribution is -2.39. The normalized spacial score (nSPS) is 11.3.